The van der Waals surface area contributed by atoms with Crippen molar-refractivity contribution >= 4 is 5.97 Å². The van der Waals surface area contributed by atoms with Crippen molar-refractivity contribution in [3.8, 4) is 5.75 Å². The van der Waals surface area contributed by atoms with Gasteiger partial charge in [0.05, 0.1) is 12.7 Å². The summed E-state index contributed by atoms with van der Waals surface area (Å²) in [5.41, 5.74) is 0.513. The summed E-state index contributed by atoms with van der Waals surface area (Å²) in [5.74, 6) is -1.83. The minimum atomic E-state index is -0.918. The number of rotatable bonds is 4. The predicted octanol–water partition coefficient (Wildman–Crippen LogP) is 3.33. The van der Waals surface area contributed by atoms with Crippen LogP contribution in [0.1, 0.15) is 15.9 Å². The van der Waals surface area contributed by atoms with Gasteiger partial charge in [0.15, 0.2) is 11.6 Å². The molecule has 0 heterocycles. The van der Waals surface area contributed by atoms with Crippen LogP contribution in [0.3, 0.4) is 0 Å². The van der Waals surface area contributed by atoms with E-state index in [9.17, 15) is 13.6 Å². The predicted molar refractivity (Wildman–Crippen MR) is 68.5 cm³/mol. The molecular formula is C15H12F2O3. The van der Waals surface area contributed by atoms with E-state index < -0.39 is 17.6 Å². The summed E-state index contributed by atoms with van der Waals surface area (Å²) in [7, 11) is 1.29. The number of hydrogen-bond donors (Lipinski definition) is 0. The fraction of sp³-hybridized carbons (Fsp3) is 0.133. The molecule has 0 saturated heterocycles. The zero-order chi connectivity index (χ0) is 14.5. The van der Waals surface area contributed by atoms with E-state index >= 15 is 0 Å². The molecular weight excluding hydrogens is 266 g/mol. The molecule has 104 valence electrons. The van der Waals surface area contributed by atoms with Crippen LogP contribution in [-0.4, -0.2) is 13.1 Å². The summed E-state index contributed by atoms with van der Waals surface area (Å²) in [5, 5.41) is 0. The molecule has 0 amide bonds. The third-order valence-electron chi connectivity index (χ3n) is 2.70. The molecule has 5 heteroatoms. The van der Waals surface area contributed by atoms with Gasteiger partial charge in [-0.1, -0.05) is 12.1 Å². The maximum absolute atomic E-state index is 13.4. The number of benzene rings is 2. The summed E-state index contributed by atoms with van der Waals surface area (Å²) in [4.78, 5) is 11.2. The zero-order valence-electron chi connectivity index (χ0n) is 10.7. The fourth-order valence-corrected chi connectivity index (χ4v) is 1.63. The molecule has 20 heavy (non-hydrogen) atoms. The van der Waals surface area contributed by atoms with Crippen LogP contribution in [0.4, 0.5) is 8.78 Å². The Labute approximate surface area is 114 Å². The van der Waals surface area contributed by atoms with Crippen molar-refractivity contribution < 1.29 is 23.0 Å². The van der Waals surface area contributed by atoms with Gasteiger partial charge in [0.1, 0.15) is 12.4 Å². The van der Waals surface area contributed by atoms with E-state index in [1.54, 1.807) is 12.1 Å². The lowest BCUT2D eigenvalue weighted by Crippen LogP contribution is -2.02. The second kappa shape index (κ2) is 6.14. The van der Waals surface area contributed by atoms with Gasteiger partial charge in [-0.05, 0) is 30.3 Å². The number of hydrogen-bond acceptors (Lipinski definition) is 3. The number of methoxy groups -OCH3 is 1. The zero-order valence-corrected chi connectivity index (χ0v) is 10.7. The maximum atomic E-state index is 13.4. The third kappa shape index (κ3) is 3.12. The third-order valence-corrected chi connectivity index (χ3v) is 2.70. The van der Waals surface area contributed by atoms with Crippen LogP contribution in [0.15, 0.2) is 42.5 Å². The molecule has 0 radical (unpaired) electrons. The highest BCUT2D eigenvalue weighted by Gasteiger charge is 2.09. The lowest BCUT2D eigenvalue weighted by Gasteiger charge is -2.08. The summed E-state index contributed by atoms with van der Waals surface area (Å²) in [6, 6.07) is 10.1. The van der Waals surface area contributed by atoms with E-state index in [0.29, 0.717) is 11.3 Å². The number of esters is 1. The summed E-state index contributed by atoms with van der Waals surface area (Å²) < 4.78 is 36.3. The topological polar surface area (TPSA) is 35.5 Å². The Morgan fingerprint density at radius 1 is 1.10 bits per heavy atom. The van der Waals surface area contributed by atoms with Crippen molar-refractivity contribution in [2.45, 2.75) is 6.61 Å². The van der Waals surface area contributed by atoms with E-state index in [4.69, 9.17) is 4.74 Å². The first-order valence-electron chi connectivity index (χ1n) is 5.86. The fourth-order valence-electron chi connectivity index (χ4n) is 1.63. The van der Waals surface area contributed by atoms with Gasteiger partial charge in [-0.25, -0.2) is 13.6 Å². The lowest BCUT2D eigenvalue weighted by atomic mass is 10.2. The molecule has 0 fully saturated rings. The molecule has 0 aliphatic carbocycles. The van der Waals surface area contributed by atoms with Crippen molar-refractivity contribution in [1.29, 1.82) is 0 Å². The maximum Gasteiger partial charge on any atom is 0.337 e. The average Bonchev–Trinajstić information content (AvgIpc) is 2.48. The van der Waals surface area contributed by atoms with Gasteiger partial charge in [-0.2, -0.15) is 0 Å². The Morgan fingerprint density at radius 3 is 2.45 bits per heavy atom. The Bertz CT molecular complexity index is 609. The Balaban J connectivity index is 2.04. The molecule has 0 aromatic heterocycles. The SMILES string of the molecule is COC(=O)c1ccc(OCc2cccc(F)c2F)cc1. The molecule has 0 saturated carbocycles. The van der Waals surface area contributed by atoms with E-state index in [-0.39, 0.29) is 12.2 Å². The van der Waals surface area contributed by atoms with Gasteiger partial charge in [0.2, 0.25) is 0 Å². The van der Waals surface area contributed by atoms with Gasteiger partial charge in [-0.3, -0.25) is 0 Å². The summed E-state index contributed by atoms with van der Waals surface area (Å²) in [6.07, 6.45) is 0. The van der Waals surface area contributed by atoms with Gasteiger partial charge in [0.25, 0.3) is 0 Å². The molecule has 0 aliphatic rings. The highest BCUT2D eigenvalue weighted by molar-refractivity contribution is 5.89. The van der Waals surface area contributed by atoms with Gasteiger partial charge in [-0.15, -0.1) is 0 Å². The molecule has 3 nitrogen and oxygen atoms in total. The van der Waals surface area contributed by atoms with Crippen molar-refractivity contribution in [3.63, 3.8) is 0 Å². The molecule has 0 bridgehead atoms. The quantitative estimate of drug-likeness (QED) is 0.805. The van der Waals surface area contributed by atoms with Crippen LogP contribution in [0.5, 0.6) is 5.75 Å². The van der Waals surface area contributed by atoms with Crippen LogP contribution < -0.4 is 4.74 Å². The Hall–Kier alpha value is -2.43. The smallest absolute Gasteiger partial charge is 0.337 e. The van der Waals surface area contributed by atoms with E-state index in [2.05, 4.69) is 4.74 Å². The molecule has 2 aromatic carbocycles. The number of ether oxygens (including phenoxy) is 2. The minimum Gasteiger partial charge on any atom is -0.489 e. The lowest BCUT2D eigenvalue weighted by molar-refractivity contribution is 0.0600. The van der Waals surface area contributed by atoms with Crippen molar-refractivity contribution in [1.82, 2.24) is 0 Å². The van der Waals surface area contributed by atoms with Gasteiger partial charge < -0.3 is 9.47 Å². The summed E-state index contributed by atoms with van der Waals surface area (Å²) >= 11 is 0. The Kier molecular flexibility index (Phi) is 4.30. The first kappa shape index (κ1) is 14.0. The van der Waals surface area contributed by atoms with Crippen LogP contribution in [0.2, 0.25) is 0 Å². The second-order valence-corrected chi connectivity index (χ2v) is 4.02. The van der Waals surface area contributed by atoms with Crippen LogP contribution in [0, 0.1) is 11.6 Å². The molecule has 0 aliphatic heterocycles. The summed E-state index contributed by atoms with van der Waals surface area (Å²) in [6.45, 7) is -0.0961. The van der Waals surface area contributed by atoms with Crippen molar-refractivity contribution in [2.75, 3.05) is 7.11 Å². The first-order valence-corrected chi connectivity index (χ1v) is 5.86. The largest absolute Gasteiger partial charge is 0.489 e. The number of halogens is 2. The highest BCUT2D eigenvalue weighted by Crippen LogP contribution is 2.17. The van der Waals surface area contributed by atoms with Crippen LogP contribution in [0.25, 0.3) is 0 Å². The molecule has 0 unspecified atom stereocenters. The number of carbonyl (C=O) groups excluding carboxylic acids is 1. The molecule has 0 N–H and O–H groups in total. The van der Waals surface area contributed by atoms with E-state index in [1.165, 1.54) is 31.4 Å². The van der Waals surface area contributed by atoms with E-state index in [0.717, 1.165) is 6.07 Å². The monoisotopic (exact) mass is 278 g/mol. The molecule has 0 atom stereocenters. The average molecular weight is 278 g/mol. The van der Waals surface area contributed by atoms with E-state index in [1.807, 2.05) is 0 Å². The van der Waals surface area contributed by atoms with Crippen molar-refractivity contribution in [3.05, 3.63) is 65.2 Å². The van der Waals surface area contributed by atoms with Crippen molar-refractivity contribution in [2.24, 2.45) is 0 Å². The highest BCUT2D eigenvalue weighted by atomic mass is 19.2. The first-order chi connectivity index (χ1) is 9.61. The van der Waals surface area contributed by atoms with Gasteiger partial charge >= 0.3 is 5.97 Å². The van der Waals surface area contributed by atoms with Crippen LogP contribution >= 0.6 is 0 Å². The van der Waals surface area contributed by atoms with Crippen LogP contribution in [-0.2, 0) is 11.3 Å². The molecule has 0 spiro atoms. The Morgan fingerprint density at radius 2 is 1.80 bits per heavy atom. The minimum absolute atomic E-state index is 0.0961. The standard InChI is InChI=1S/C15H12F2O3/c1-19-15(18)10-5-7-12(8-6-10)20-9-11-3-2-4-13(16)14(11)17/h2-8H,9H2,1H3. The molecule has 2 rings (SSSR count). The second-order valence-electron chi connectivity index (χ2n) is 4.02. The normalized spacial score (nSPS) is 10.2. The van der Waals surface area contributed by atoms with Gasteiger partial charge in [0, 0.05) is 5.56 Å². The number of carbonyl (C=O) groups is 1. The molecule has 2 aromatic rings.